The topological polar surface area (TPSA) is 52.0 Å². The second-order valence-corrected chi connectivity index (χ2v) is 13.5. The highest BCUT2D eigenvalue weighted by Crippen LogP contribution is 2.73. The lowest BCUT2D eigenvalue weighted by atomic mass is 9.37. The molecule has 0 saturated heterocycles. The van der Waals surface area contributed by atoms with Crippen molar-refractivity contribution in [2.24, 2.45) is 45.5 Å². The van der Waals surface area contributed by atoms with E-state index in [-0.39, 0.29) is 21.9 Å². The molecule has 0 radical (unpaired) electrons. The van der Waals surface area contributed by atoms with Crippen LogP contribution in [0.2, 0.25) is 0 Å². The molecule has 0 spiro atoms. The van der Waals surface area contributed by atoms with Crippen LogP contribution in [0.1, 0.15) is 125 Å². The van der Waals surface area contributed by atoms with Crippen LogP contribution in [0.5, 0.6) is 0 Å². The Balaban J connectivity index is 1.57. The molecule has 5 saturated carbocycles. The van der Waals surface area contributed by atoms with E-state index in [2.05, 4.69) is 34.6 Å². The molecule has 0 bridgehead atoms. The van der Waals surface area contributed by atoms with E-state index in [9.17, 15) is 0 Å². The van der Waals surface area contributed by atoms with Crippen molar-refractivity contribution in [2.45, 2.75) is 136 Å². The summed E-state index contributed by atoms with van der Waals surface area (Å²) in [5, 5.41) is 0. The van der Waals surface area contributed by atoms with Crippen LogP contribution in [0.15, 0.2) is 11.1 Å². The van der Waals surface area contributed by atoms with E-state index >= 15 is 0 Å². The van der Waals surface area contributed by atoms with Crippen LogP contribution in [0.25, 0.3) is 0 Å². The van der Waals surface area contributed by atoms with Crippen LogP contribution in [-0.2, 0) is 0 Å². The van der Waals surface area contributed by atoms with Gasteiger partial charge in [-0.05, 0) is 118 Å². The molecule has 0 aliphatic heterocycles. The summed E-state index contributed by atoms with van der Waals surface area (Å²) in [4.78, 5) is 0. The summed E-state index contributed by atoms with van der Waals surface area (Å²) in [6, 6.07) is 0. The first-order valence-electron chi connectivity index (χ1n) is 13.8. The van der Waals surface area contributed by atoms with Gasteiger partial charge < -0.3 is 11.5 Å². The van der Waals surface area contributed by atoms with E-state index in [1.165, 1.54) is 89.9 Å². The molecule has 8 atom stereocenters. The Bertz CT molecular complexity index is 765. The Labute approximate surface area is 192 Å². The molecule has 0 aromatic rings. The van der Waals surface area contributed by atoms with E-state index in [4.69, 9.17) is 11.5 Å². The predicted molar refractivity (Wildman–Crippen MR) is 132 cm³/mol. The SMILES string of the molecule is CC[C@]12CC[C@@]3(N)[C@@H](CC[C@]4(C)C[C@@H](C)CCC[C@@]43C)[C@]1(N)CC[C@@H]2C(C)=C1CCC1. The van der Waals surface area contributed by atoms with Gasteiger partial charge >= 0.3 is 0 Å². The second kappa shape index (κ2) is 7.08. The first-order chi connectivity index (χ1) is 14.6. The van der Waals surface area contributed by atoms with Gasteiger partial charge in [-0.3, -0.25) is 0 Å². The van der Waals surface area contributed by atoms with Crippen molar-refractivity contribution in [3.8, 4) is 0 Å². The monoisotopic (exact) mass is 426 g/mol. The summed E-state index contributed by atoms with van der Waals surface area (Å²) in [6.45, 7) is 12.6. The minimum Gasteiger partial charge on any atom is -0.324 e. The summed E-state index contributed by atoms with van der Waals surface area (Å²) in [6.07, 6.45) is 18.3. The predicted octanol–water partition coefficient (Wildman–Crippen LogP) is 7.11. The van der Waals surface area contributed by atoms with E-state index < -0.39 is 0 Å². The number of allylic oxidation sites excluding steroid dienone is 2. The van der Waals surface area contributed by atoms with Crippen LogP contribution >= 0.6 is 0 Å². The molecule has 5 rings (SSSR count). The van der Waals surface area contributed by atoms with Gasteiger partial charge in [-0.25, -0.2) is 0 Å². The third-order valence-electron chi connectivity index (χ3n) is 12.9. The number of hydrogen-bond acceptors (Lipinski definition) is 2. The van der Waals surface area contributed by atoms with E-state index in [1.807, 2.05) is 0 Å². The molecule has 176 valence electrons. The van der Waals surface area contributed by atoms with Crippen molar-refractivity contribution in [1.29, 1.82) is 0 Å². The quantitative estimate of drug-likeness (QED) is 0.462. The second-order valence-electron chi connectivity index (χ2n) is 13.5. The number of nitrogens with two attached hydrogens (primary N) is 2. The first-order valence-corrected chi connectivity index (χ1v) is 13.8. The fraction of sp³-hybridized carbons (Fsp3) is 0.931. The summed E-state index contributed by atoms with van der Waals surface area (Å²) in [5.41, 5.74) is 19.7. The Morgan fingerprint density at radius 3 is 2.29 bits per heavy atom. The average molecular weight is 427 g/mol. The fourth-order valence-electron chi connectivity index (χ4n) is 10.6. The Morgan fingerprint density at radius 1 is 0.903 bits per heavy atom. The van der Waals surface area contributed by atoms with Crippen LogP contribution in [0, 0.1) is 34.0 Å². The molecule has 0 aromatic heterocycles. The van der Waals surface area contributed by atoms with Gasteiger partial charge in [0.15, 0.2) is 0 Å². The van der Waals surface area contributed by atoms with Crippen molar-refractivity contribution in [2.75, 3.05) is 0 Å². The molecular formula is C29H50N2. The molecule has 0 unspecified atom stereocenters. The van der Waals surface area contributed by atoms with Crippen LogP contribution < -0.4 is 11.5 Å². The first kappa shape index (κ1) is 22.5. The maximum Gasteiger partial charge on any atom is 0.0263 e. The maximum absolute atomic E-state index is 7.73. The molecule has 5 fully saturated rings. The number of hydrogen-bond donors (Lipinski definition) is 2. The fourth-order valence-corrected chi connectivity index (χ4v) is 10.6. The lowest BCUT2D eigenvalue weighted by Gasteiger charge is -2.71. The largest absolute Gasteiger partial charge is 0.324 e. The van der Waals surface area contributed by atoms with Crippen LogP contribution in [0.3, 0.4) is 0 Å². The summed E-state index contributed by atoms with van der Waals surface area (Å²) in [5.74, 6) is 2.03. The van der Waals surface area contributed by atoms with Gasteiger partial charge in [-0.2, -0.15) is 0 Å². The molecule has 5 aliphatic carbocycles. The van der Waals surface area contributed by atoms with Crippen molar-refractivity contribution < 1.29 is 0 Å². The molecule has 2 heteroatoms. The molecule has 2 nitrogen and oxygen atoms in total. The van der Waals surface area contributed by atoms with Gasteiger partial charge in [0.1, 0.15) is 0 Å². The molecule has 4 N–H and O–H groups in total. The van der Waals surface area contributed by atoms with Gasteiger partial charge in [-0.15, -0.1) is 0 Å². The molecule has 0 amide bonds. The van der Waals surface area contributed by atoms with E-state index in [1.54, 1.807) is 11.1 Å². The summed E-state index contributed by atoms with van der Waals surface area (Å²) < 4.78 is 0. The number of rotatable bonds is 2. The van der Waals surface area contributed by atoms with Crippen LogP contribution in [0.4, 0.5) is 0 Å². The van der Waals surface area contributed by atoms with Crippen molar-refractivity contribution in [1.82, 2.24) is 0 Å². The van der Waals surface area contributed by atoms with Gasteiger partial charge in [0.2, 0.25) is 0 Å². The minimum atomic E-state index is -0.0934. The van der Waals surface area contributed by atoms with Gasteiger partial charge in [-0.1, -0.05) is 51.7 Å². The summed E-state index contributed by atoms with van der Waals surface area (Å²) >= 11 is 0. The molecule has 31 heavy (non-hydrogen) atoms. The molecular weight excluding hydrogens is 376 g/mol. The zero-order valence-corrected chi connectivity index (χ0v) is 21.3. The zero-order valence-electron chi connectivity index (χ0n) is 21.3. The highest BCUT2D eigenvalue weighted by atomic mass is 15.0. The normalized spacial score (nSPS) is 54.3. The smallest absolute Gasteiger partial charge is 0.0263 e. The molecule has 0 aromatic carbocycles. The van der Waals surface area contributed by atoms with Gasteiger partial charge in [0, 0.05) is 11.1 Å². The third-order valence-corrected chi connectivity index (χ3v) is 12.9. The Morgan fingerprint density at radius 2 is 1.65 bits per heavy atom. The maximum atomic E-state index is 7.73. The number of fused-ring (bicyclic) bond motifs is 5. The van der Waals surface area contributed by atoms with E-state index in [0.717, 1.165) is 5.92 Å². The van der Waals surface area contributed by atoms with Gasteiger partial charge in [0.25, 0.3) is 0 Å². The summed E-state index contributed by atoms with van der Waals surface area (Å²) in [7, 11) is 0. The highest BCUT2D eigenvalue weighted by molar-refractivity contribution is 5.33. The lowest BCUT2D eigenvalue weighted by Crippen LogP contribution is -2.78. The standard InChI is InChI=1S/C29H50N2/c1-6-27-17-18-28(30)24(13-15-25(4)19-20(2)9-8-14-26(25,28)5)29(27,31)16-12-23(27)21(3)22-10-7-11-22/h20,23-24H,6-19,30-31H2,1-5H3/t20-,23+,24+,25+,26-,27+,28+,29+/m0/s1. The molecule has 5 aliphatic rings. The third kappa shape index (κ3) is 2.64. The zero-order chi connectivity index (χ0) is 22.3. The van der Waals surface area contributed by atoms with Crippen molar-refractivity contribution in [3.05, 3.63) is 11.1 Å². The Hall–Kier alpha value is -0.340. The van der Waals surface area contributed by atoms with Crippen molar-refractivity contribution >= 4 is 0 Å². The van der Waals surface area contributed by atoms with E-state index in [0.29, 0.717) is 17.3 Å². The minimum absolute atomic E-state index is 0.0761. The highest BCUT2D eigenvalue weighted by Gasteiger charge is 2.73. The average Bonchev–Trinajstić information content (AvgIpc) is 2.90. The molecule has 0 heterocycles. The van der Waals surface area contributed by atoms with Crippen LogP contribution in [-0.4, -0.2) is 11.1 Å². The van der Waals surface area contributed by atoms with Crippen molar-refractivity contribution in [3.63, 3.8) is 0 Å². The lowest BCUT2D eigenvalue weighted by molar-refractivity contribution is -0.166. The Kier molecular flexibility index (Phi) is 5.13. The van der Waals surface area contributed by atoms with Gasteiger partial charge in [0.05, 0.1) is 0 Å².